The lowest BCUT2D eigenvalue weighted by Crippen LogP contribution is -2.57. The van der Waals surface area contributed by atoms with Gasteiger partial charge in [0.25, 0.3) is 11.8 Å². The Morgan fingerprint density at radius 3 is 2.58 bits per heavy atom. The number of carboxylic acids is 1. The highest BCUT2D eigenvalue weighted by Gasteiger charge is 2.35. The van der Waals surface area contributed by atoms with E-state index in [4.69, 9.17) is 32.9 Å². The van der Waals surface area contributed by atoms with Crippen LogP contribution in [0.2, 0.25) is 10.0 Å². The van der Waals surface area contributed by atoms with Crippen LogP contribution >= 0.6 is 23.2 Å². The van der Waals surface area contributed by atoms with E-state index in [1.807, 2.05) is 12.1 Å². The second kappa shape index (κ2) is 12.8. The van der Waals surface area contributed by atoms with Gasteiger partial charge in [0, 0.05) is 43.7 Å². The molecule has 1 fully saturated rings. The topological polar surface area (TPSA) is 191 Å². The summed E-state index contributed by atoms with van der Waals surface area (Å²) in [5.41, 5.74) is 2.29. The van der Waals surface area contributed by atoms with Crippen LogP contribution < -0.4 is 16.0 Å². The number of hydrogen-bond acceptors (Lipinski definition) is 10. The highest BCUT2D eigenvalue weighted by atomic mass is 35.5. The number of aliphatic carboxylic acids is 1. The van der Waals surface area contributed by atoms with Crippen LogP contribution in [-0.4, -0.2) is 93.6 Å². The standard InChI is InChI=1S/C28H28Cl2N6O7/c29-18-7-16-10-35(26(40)15-2-1-14-4-6-43-22(14)8-15)5-3-17(16)24(30)23(18)25(39)34-19(27(41)42)9-32-28(33-13-31)36-11-20(37)21(38)12-36/h1-2,4,6-8,19-21,28,32-33,37-38H,3,5,9-12H2,(H,34,39)(H,41,42)/t19-,20+,21+,28-/m0/s1. The molecule has 3 aromatic rings. The van der Waals surface area contributed by atoms with E-state index in [0.717, 1.165) is 5.39 Å². The maximum Gasteiger partial charge on any atom is 0.327 e. The van der Waals surface area contributed by atoms with Crippen molar-refractivity contribution >= 4 is 52.0 Å². The van der Waals surface area contributed by atoms with E-state index in [2.05, 4.69) is 16.0 Å². The summed E-state index contributed by atoms with van der Waals surface area (Å²) in [5.74, 6) is -2.36. The number of rotatable bonds is 9. The van der Waals surface area contributed by atoms with Crippen LogP contribution in [0, 0.1) is 11.5 Å². The highest BCUT2D eigenvalue weighted by Crippen LogP contribution is 2.35. The Kier molecular flexibility index (Phi) is 9.07. The minimum atomic E-state index is -1.45. The zero-order valence-corrected chi connectivity index (χ0v) is 24.1. The molecule has 1 aromatic heterocycles. The molecule has 4 atom stereocenters. The fourth-order valence-corrected chi connectivity index (χ4v) is 6.07. The number of halogens is 2. The van der Waals surface area contributed by atoms with Gasteiger partial charge in [-0.1, -0.05) is 29.3 Å². The van der Waals surface area contributed by atoms with E-state index in [1.54, 1.807) is 35.6 Å². The molecule has 2 aromatic carbocycles. The normalized spacial score (nSPS) is 19.8. The number of benzene rings is 2. The van der Waals surface area contributed by atoms with Crippen molar-refractivity contribution in [1.82, 2.24) is 25.8 Å². The van der Waals surface area contributed by atoms with Crippen molar-refractivity contribution < 1.29 is 34.1 Å². The van der Waals surface area contributed by atoms with Crippen molar-refractivity contribution in [3.63, 3.8) is 0 Å². The number of amides is 2. The van der Waals surface area contributed by atoms with Crippen LogP contribution in [0.4, 0.5) is 0 Å². The van der Waals surface area contributed by atoms with Gasteiger partial charge >= 0.3 is 5.97 Å². The third-order valence-electron chi connectivity index (χ3n) is 7.59. The molecule has 226 valence electrons. The minimum absolute atomic E-state index is 0.00582. The molecule has 15 heteroatoms. The number of β-amino-alcohol motifs (C(OH)–C–C–N with tert-alkyl or cyclic N) is 2. The number of nitriles is 1. The largest absolute Gasteiger partial charge is 0.480 e. The van der Waals surface area contributed by atoms with Gasteiger partial charge in [-0.2, -0.15) is 5.26 Å². The lowest BCUT2D eigenvalue weighted by Gasteiger charge is -2.30. The number of carboxylic acid groups (broad SMARTS) is 1. The third kappa shape index (κ3) is 6.40. The number of aliphatic hydroxyl groups excluding tert-OH is 2. The van der Waals surface area contributed by atoms with E-state index in [1.165, 1.54) is 4.90 Å². The molecule has 0 bridgehead atoms. The lowest BCUT2D eigenvalue weighted by atomic mass is 9.96. The third-order valence-corrected chi connectivity index (χ3v) is 8.31. The number of nitrogens with one attached hydrogen (secondary N) is 3. The number of fused-ring (bicyclic) bond motifs is 2. The fraction of sp³-hybridized carbons (Fsp3) is 0.357. The molecule has 1 saturated heterocycles. The van der Waals surface area contributed by atoms with Crippen molar-refractivity contribution in [3.8, 4) is 6.19 Å². The van der Waals surface area contributed by atoms with Gasteiger partial charge in [-0.3, -0.25) is 25.1 Å². The van der Waals surface area contributed by atoms with E-state index in [9.17, 15) is 29.7 Å². The summed E-state index contributed by atoms with van der Waals surface area (Å²) >= 11 is 13.1. The van der Waals surface area contributed by atoms with Crippen molar-refractivity contribution in [3.05, 3.63) is 68.9 Å². The zero-order chi connectivity index (χ0) is 30.8. The number of hydrogen-bond donors (Lipinski definition) is 6. The monoisotopic (exact) mass is 630 g/mol. The molecule has 2 amide bonds. The molecule has 0 spiro atoms. The van der Waals surface area contributed by atoms with Gasteiger partial charge in [0.05, 0.1) is 34.1 Å². The quantitative estimate of drug-likeness (QED) is 0.113. The second-order valence-corrected chi connectivity index (χ2v) is 11.1. The van der Waals surface area contributed by atoms with Crippen LogP contribution in [0.15, 0.2) is 41.0 Å². The average molecular weight is 631 g/mol. The molecule has 2 aliphatic heterocycles. The van der Waals surface area contributed by atoms with E-state index in [-0.39, 0.29) is 47.7 Å². The molecule has 43 heavy (non-hydrogen) atoms. The highest BCUT2D eigenvalue weighted by molar-refractivity contribution is 6.40. The Morgan fingerprint density at radius 2 is 1.88 bits per heavy atom. The van der Waals surface area contributed by atoms with Gasteiger partial charge in [-0.25, -0.2) is 4.79 Å². The first-order valence-corrected chi connectivity index (χ1v) is 14.1. The molecule has 0 aliphatic carbocycles. The number of nitrogens with zero attached hydrogens (tertiary/aromatic N) is 3. The summed E-state index contributed by atoms with van der Waals surface area (Å²) in [5, 5.41) is 47.2. The smallest absolute Gasteiger partial charge is 0.327 e. The van der Waals surface area contributed by atoms with Gasteiger partial charge in [-0.05, 0) is 41.8 Å². The summed E-state index contributed by atoms with van der Waals surface area (Å²) in [6.07, 6.45) is 0.696. The molecule has 5 rings (SSSR count). The lowest BCUT2D eigenvalue weighted by molar-refractivity contribution is -0.139. The molecule has 0 saturated carbocycles. The van der Waals surface area contributed by atoms with Gasteiger partial charge in [0.2, 0.25) is 0 Å². The van der Waals surface area contributed by atoms with Crippen molar-refractivity contribution in [1.29, 1.82) is 5.26 Å². The van der Waals surface area contributed by atoms with E-state index in [0.29, 0.717) is 35.2 Å². The van der Waals surface area contributed by atoms with E-state index < -0.39 is 36.4 Å². The predicted octanol–water partition coefficient (Wildman–Crippen LogP) is 1.10. The molecule has 6 N–H and O–H groups in total. The van der Waals surface area contributed by atoms with Crippen molar-refractivity contribution in [2.75, 3.05) is 26.2 Å². The van der Waals surface area contributed by atoms with E-state index >= 15 is 0 Å². The molecule has 2 aliphatic rings. The van der Waals surface area contributed by atoms with Gasteiger partial charge in [-0.15, -0.1) is 0 Å². The number of carbonyl (C=O) groups excluding carboxylic acids is 2. The molecule has 0 unspecified atom stereocenters. The SMILES string of the molecule is N#CN[C@H](NC[C@H](NC(=O)c1c(Cl)cc2c(c1Cl)CCN(C(=O)c1ccc3ccoc3c1)C2)C(=O)O)N1C[C@@H](O)[C@H](O)C1. The van der Waals surface area contributed by atoms with Crippen LogP contribution in [-0.2, 0) is 17.8 Å². The summed E-state index contributed by atoms with van der Waals surface area (Å²) in [4.78, 5) is 41.6. The maximum absolute atomic E-state index is 13.3. The Labute approximate surface area is 255 Å². The molecular formula is C28H28Cl2N6O7. The number of furan rings is 1. The summed E-state index contributed by atoms with van der Waals surface area (Å²) in [6.45, 7) is 0.310. The fourth-order valence-electron chi connectivity index (χ4n) is 5.31. The Balaban J connectivity index is 1.28. The summed E-state index contributed by atoms with van der Waals surface area (Å²) in [6, 6.07) is 7.14. The van der Waals surface area contributed by atoms with Crippen LogP contribution in [0.1, 0.15) is 31.8 Å². The van der Waals surface area contributed by atoms with Crippen LogP contribution in [0.5, 0.6) is 0 Å². The van der Waals surface area contributed by atoms with Crippen molar-refractivity contribution in [2.45, 2.75) is 37.5 Å². The Bertz CT molecular complexity index is 1600. The minimum Gasteiger partial charge on any atom is -0.480 e. The first-order chi connectivity index (χ1) is 20.6. The molecule has 0 radical (unpaired) electrons. The zero-order valence-electron chi connectivity index (χ0n) is 22.6. The molecule has 13 nitrogen and oxygen atoms in total. The van der Waals surface area contributed by atoms with Gasteiger partial charge in [0.1, 0.15) is 17.9 Å². The first kappa shape index (κ1) is 30.6. The average Bonchev–Trinajstić information content (AvgIpc) is 3.58. The Hall–Kier alpha value is -3.90. The van der Waals surface area contributed by atoms with Crippen LogP contribution in [0.25, 0.3) is 11.0 Å². The predicted molar refractivity (Wildman–Crippen MR) is 154 cm³/mol. The summed E-state index contributed by atoms with van der Waals surface area (Å²) in [7, 11) is 0. The summed E-state index contributed by atoms with van der Waals surface area (Å²) < 4.78 is 5.41. The van der Waals surface area contributed by atoms with Gasteiger partial charge < -0.3 is 30.0 Å². The number of likely N-dealkylation sites (tertiary alicyclic amines) is 1. The van der Waals surface area contributed by atoms with Crippen LogP contribution in [0.3, 0.4) is 0 Å². The first-order valence-electron chi connectivity index (χ1n) is 13.4. The molecule has 3 heterocycles. The molecular weight excluding hydrogens is 603 g/mol. The second-order valence-electron chi connectivity index (χ2n) is 10.4. The Morgan fingerprint density at radius 1 is 1.14 bits per heavy atom. The number of carbonyl (C=O) groups is 3. The number of aliphatic hydroxyl groups is 2. The van der Waals surface area contributed by atoms with Crippen molar-refractivity contribution in [2.24, 2.45) is 0 Å². The van der Waals surface area contributed by atoms with Gasteiger partial charge in [0.15, 0.2) is 6.19 Å². The maximum atomic E-state index is 13.3.